The Morgan fingerprint density at radius 3 is 1.93 bits per heavy atom. The molecule has 158 valence electrons. The Labute approximate surface area is 176 Å². The first kappa shape index (κ1) is 21.4. The first-order valence-corrected chi connectivity index (χ1v) is 10.0. The minimum Gasteiger partial charge on any atom is -0.463 e. The molecule has 1 aromatic heterocycles. The molecule has 0 radical (unpaired) electrons. The van der Waals surface area contributed by atoms with Crippen molar-refractivity contribution in [3.8, 4) is 11.3 Å². The molecule has 6 heteroatoms. The molecule has 0 atom stereocenters. The van der Waals surface area contributed by atoms with Crippen LogP contribution < -0.4 is 0 Å². The Bertz CT molecular complexity index is 958. The van der Waals surface area contributed by atoms with Crippen molar-refractivity contribution in [1.29, 1.82) is 0 Å². The number of rotatable bonds is 6. The molecule has 0 unspecified atom stereocenters. The van der Waals surface area contributed by atoms with Crippen LogP contribution in [0.1, 0.15) is 39.4 Å². The third-order valence-electron chi connectivity index (χ3n) is 5.32. The van der Waals surface area contributed by atoms with Gasteiger partial charge in [-0.25, -0.2) is 9.59 Å². The molecule has 3 rings (SSSR count). The highest BCUT2D eigenvalue weighted by atomic mass is 16.5. The van der Waals surface area contributed by atoms with Crippen molar-refractivity contribution in [3.05, 3.63) is 70.8 Å². The van der Waals surface area contributed by atoms with Gasteiger partial charge in [0.15, 0.2) is 0 Å². The van der Waals surface area contributed by atoms with Crippen LogP contribution in [0, 0.1) is 0 Å². The van der Waals surface area contributed by atoms with E-state index in [4.69, 9.17) is 13.9 Å². The van der Waals surface area contributed by atoms with E-state index in [-0.39, 0.29) is 13.2 Å². The van der Waals surface area contributed by atoms with Crippen molar-refractivity contribution in [2.24, 2.45) is 0 Å². The van der Waals surface area contributed by atoms with Crippen molar-refractivity contribution in [1.82, 2.24) is 4.90 Å². The minimum atomic E-state index is -0.711. The molecule has 1 aliphatic heterocycles. The summed E-state index contributed by atoms with van der Waals surface area (Å²) >= 11 is 0. The number of esters is 2. The molecular formula is C24H27NO5. The van der Waals surface area contributed by atoms with E-state index in [2.05, 4.69) is 0 Å². The number of carbonyl (C=O) groups excluding carboxylic acids is 2. The molecule has 0 N–H and O–H groups in total. The Kier molecular flexibility index (Phi) is 6.45. The predicted octanol–water partition coefficient (Wildman–Crippen LogP) is 4.65. The van der Waals surface area contributed by atoms with Gasteiger partial charge < -0.3 is 18.8 Å². The first-order valence-electron chi connectivity index (χ1n) is 10.0. The fraction of sp³-hybridized carbons (Fsp3) is 0.333. The van der Waals surface area contributed by atoms with Crippen LogP contribution in [0.2, 0.25) is 0 Å². The molecule has 1 aromatic carbocycles. The lowest BCUT2D eigenvalue weighted by Crippen LogP contribution is -2.33. The normalized spacial score (nSPS) is 14.9. The predicted molar refractivity (Wildman–Crippen MR) is 113 cm³/mol. The zero-order chi connectivity index (χ0) is 21.8. The van der Waals surface area contributed by atoms with Gasteiger partial charge in [0.05, 0.1) is 30.3 Å². The molecule has 0 amide bonds. The van der Waals surface area contributed by atoms with E-state index in [0.717, 1.165) is 5.56 Å². The van der Waals surface area contributed by atoms with Crippen molar-refractivity contribution in [2.45, 2.75) is 33.6 Å². The topological polar surface area (TPSA) is 69.0 Å². The molecule has 2 heterocycles. The molecule has 0 saturated heterocycles. The summed E-state index contributed by atoms with van der Waals surface area (Å²) in [5, 5.41) is 0. The maximum absolute atomic E-state index is 12.9. The number of nitrogens with zero attached hydrogens (tertiary/aromatic N) is 1. The SMILES string of the molecule is CCOC(=O)C1=C(C)N(C)C(C)=C(C(=O)OCC)C1c1ccc(-c2ccccc2)o1. The Morgan fingerprint density at radius 2 is 1.43 bits per heavy atom. The second-order valence-electron chi connectivity index (χ2n) is 7.00. The summed E-state index contributed by atoms with van der Waals surface area (Å²) < 4.78 is 16.8. The number of benzene rings is 1. The van der Waals surface area contributed by atoms with Gasteiger partial charge in [0.25, 0.3) is 0 Å². The maximum atomic E-state index is 12.9. The average molecular weight is 409 g/mol. The highest BCUT2D eigenvalue weighted by molar-refractivity contribution is 5.99. The minimum absolute atomic E-state index is 0.233. The lowest BCUT2D eigenvalue weighted by atomic mass is 9.83. The summed E-state index contributed by atoms with van der Waals surface area (Å²) in [5.41, 5.74) is 3.08. The first-order chi connectivity index (χ1) is 14.4. The molecule has 0 bridgehead atoms. The fourth-order valence-electron chi connectivity index (χ4n) is 3.67. The van der Waals surface area contributed by atoms with Gasteiger partial charge >= 0.3 is 11.9 Å². The summed E-state index contributed by atoms with van der Waals surface area (Å²) in [6.45, 7) is 7.65. The molecule has 0 spiro atoms. The third-order valence-corrected chi connectivity index (χ3v) is 5.32. The standard InChI is InChI=1S/C24H27NO5/c1-6-28-23(26)20-15(3)25(5)16(4)21(24(27)29-7-2)22(20)19-14-13-18(30-19)17-11-9-8-10-12-17/h8-14,22H,6-7H2,1-5H3. The van der Waals surface area contributed by atoms with Gasteiger partial charge in [0.2, 0.25) is 0 Å². The van der Waals surface area contributed by atoms with Gasteiger partial charge in [-0.15, -0.1) is 0 Å². The van der Waals surface area contributed by atoms with E-state index in [9.17, 15) is 9.59 Å². The second kappa shape index (κ2) is 9.03. The monoisotopic (exact) mass is 409 g/mol. The maximum Gasteiger partial charge on any atom is 0.336 e. The Hall–Kier alpha value is -3.28. The molecule has 30 heavy (non-hydrogen) atoms. The summed E-state index contributed by atoms with van der Waals surface area (Å²) in [7, 11) is 1.82. The van der Waals surface area contributed by atoms with Crippen LogP contribution in [0.15, 0.2) is 69.4 Å². The molecule has 0 fully saturated rings. The van der Waals surface area contributed by atoms with E-state index in [0.29, 0.717) is 34.1 Å². The number of carbonyl (C=O) groups is 2. The summed E-state index contributed by atoms with van der Waals surface area (Å²) in [5.74, 6) is -0.507. The quantitative estimate of drug-likeness (QED) is 0.647. The van der Waals surface area contributed by atoms with Crippen LogP contribution >= 0.6 is 0 Å². The molecule has 0 aliphatic carbocycles. The van der Waals surface area contributed by atoms with Crippen LogP contribution in [-0.2, 0) is 19.1 Å². The van der Waals surface area contributed by atoms with E-state index < -0.39 is 17.9 Å². The van der Waals surface area contributed by atoms with Gasteiger partial charge in [-0.2, -0.15) is 0 Å². The Balaban J connectivity index is 2.17. The highest BCUT2D eigenvalue weighted by Crippen LogP contribution is 2.43. The molecule has 0 saturated carbocycles. The summed E-state index contributed by atoms with van der Waals surface area (Å²) in [6.07, 6.45) is 0. The lowest BCUT2D eigenvalue weighted by Gasteiger charge is -2.34. The van der Waals surface area contributed by atoms with Gasteiger partial charge in [-0.05, 0) is 39.8 Å². The number of furan rings is 1. The van der Waals surface area contributed by atoms with Crippen LogP contribution in [0.4, 0.5) is 0 Å². The fourth-order valence-corrected chi connectivity index (χ4v) is 3.67. The molecule has 6 nitrogen and oxygen atoms in total. The van der Waals surface area contributed by atoms with Crippen molar-refractivity contribution in [2.75, 3.05) is 20.3 Å². The second-order valence-corrected chi connectivity index (χ2v) is 7.00. The summed E-state index contributed by atoms with van der Waals surface area (Å²) in [4.78, 5) is 27.7. The third kappa shape index (κ3) is 3.90. The van der Waals surface area contributed by atoms with E-state index in [1.165, 1.54) is 0 Å². The lowest BCUT2D eigenvalue weighted by molar-refractivity contribution is -0.139. The van der Waals surface area contributed by atoms with Crippen molar-refractivity contribution < 1.29 is 23.5 Å². The number of hydrogen-bond donors (Lipinski definition) is 0. The zero-order valence-corrected chi connectivity index (χ0v) is 18.0. The van der Waals surface area contributed by atoms with Crippen molar-refractivity contribution >= 4 is 11.9 Å². The van der Waals surface area contributed by atoms with E-state index >= 15 is 0 Å². The number of hydrogen-bond acceptors (Lipinski definition) is 6. The van der Waals surface area contributed by atoms with Crippen molar-refractivity contribution in [3.63, 3.8) is 0 Å². The Morgan fingerprint density at radius 1 is 0.900 bits per heavy atom. The largest absolute Gasteiger partial charge is 0.463 e. The highest BCUT2D eigenvalue weighted by Gasteiger charge is 2.41. The van der Waals surface area contributed by atoms with Gasteiger partial charge in [-0.3, -0.25) is 0 Å². The van der Waals surface area contributed by atoms with Gasteiger partial charge in [0.1, 0.15) is 11.5 Å². The smallest absolute Gasteiger partial charge is 0.336 e. The molecule has 1 aliphatic rings. The number of allylic oxidation sites excluding steroid dienone is 2. The number of ether oxygens (including phenoxy) is 2. The average Bonchev–Trinajstić information content (AvgIpc) is 3.22. The molecular weight excluding hydrogens is 382 g/mol. The van der Waals surface area contributed by atoms with Crippen LogP contribution in [-0.4, -0.2) is 37.1 Å². The van der Waals surface area contributed by atoms with Crippen LogP contribution in [0.3, 0.4) is 0 Å². The van der Waals surface area contributed by atoms with Crippen LogP contribution in [0.5, 0.6) is 0 Å². The van der Waals surface area contributed by atoms with E-state index in [1.807, 2.05) is 62.2 Å². The van der Waals surface area contributed by atoms with Gasteiger partial charge in [-0.1, -0.05) is 30.3 Å². The van der Waals surface area contributed by atoms with Crippen LogP contribution in [0.25, 0.3) is 11.3 Å². The zero-order valence-electron chi connectivity index (χ0n) is 18.0. The van der Waals surface area contributed by atoms with E-state index in [1.54, 1.807) is 19.9 Å². The molecule has 2 aromatic rings. The summed E-state index contributed by atoms with van der Waals surface area (Å²) in [6, 6.07) is 13.3. The van der Waals surface area contributed by atoms with Gasteiger partial charge in [0, 0.05) is 24.0 Å².